The zero-order chi connectivity index (χ0) is 18.1. The van der Waals surface area contributed by atoms with Crippen LogP contribution >= 0.6 is 0 Å². The lowest BCUT2D eigenvalue weighted by Gasteiger charge is -2.49. The number of hydrogen-bond acceptors (Lipinski definition) is 3. The summed E-state index contributed by atoms with van der Waals surface area (Å²) in [5, 5.41) is 3.06. The number of fused-ring (bicyclic) bond motifs is 3. The summed E-state index contributed by atoms with van der Waals surface area (Å²) in [6.45, 7) is 7.61. The van der Waals surface area contributed by atoms with Crippen molar-refractivity contribution in [2.45, 2.75) is 26.3 Å². The molecule has 2 heterocycles. The number of carbonyl (C=O) groups excluding carboxylic acids is 1. The van der Waals surface area contributed by atoms with E-state index in [1.807, 2.05) is 6.92 Å². The highest BCUT2D eigenvalue weighted by Crippen LogP contribution is 2.36. The highest BCUT2D eigenvalue weighted by Gasteiger charge is 2.41. The molecule has 2 atom stereocenters. The molecule has 2 aliphatic heterocycles. The first-order valence-corrected chi connectivity index (χ1v) is 9.61. The second kappa shape index (κ2) is 7.02. The molecule has 4 heteroatoms. The van der Waals surface area contributed by atoms with E-state index in [0.717, 1.165) is 26.1 Å². The maximum atomic E-state index is 12.8. The van der Waals surface area contributed by atoms with E-state index in [-0.39, 0.29) is 17.9 Å². The number of rotatable bonds is 3. The molecule has 2 unspecified atom stereocenters. The predicted octanol–water partition coefficient (Wildman–Crippen LogP) is 3.00. The molecule has 0 aliphatic carbocycles. The van der Waals surface area contributed by atoms with Crippen molar-refractivity contribution in [3.05, 3.63) is 59.7 Å². The number of anilines is 2. The molecule has 4 rings (SSSR count). The number of hydrogen-bond donors (Lipinski definition) is 1. The summed E-state index contributed by atoms with van der Waals surface area (Å²) in [5.41, 5.74) is 5.13. The maximum Gasteiger partial charge on any atom is 0.225 e. The first-order valence-electron chi connectivity index (χ1n) is 9.61. The summed E-state index contributed by atoms with van der Waals surface area (Å²) in [5.74, 6) is 0.181. The molecule has 1 amide bonds. The van der Waals surface area contributed by atoms with Gasteiger partial charge in [0.15, 0.2) is 0 Å². The van der Waals surface area contributed by atoms with Gasteiger partial charge in [0.2, 0.25) is 5.91 Å². The van der Waals surface area contributed by atoms with Gasteiger partial charge in [0.25, 0.3) is 0 Å². The van der Waals surface area contributed by atoms with Gasteiger partial charge in [-0.25, -0.2) is 0 Å². The lowest BCUT2D eigenvalue weighted by Crippen LogP contribution is -2.61. The quantitative estimate of drug-likeness (QED) is 0.925. The number of nitrogens with one attached hydrogen (secondary N) is 1. The number of carbonyl (C=O) groups is 1. The molecule has 0 bridgehead atoms. The topological polar surface area (TPSA) is 35.6 Å². The van der Waals surface area contributed by atoms with E-state index in [0.29, 0.717) is 6.54 Å². The van der Waals surface area contributed by atoms with Gasteiger partial charge in [0.1, 0.15) is 0 Å². The molecule has 26 heavy (non-hydrogen) atoms. The second-order valence-electron chi connectivity index (χ2n) is 7.38. The van der Waals surface area contributed by atoms with Crippen LogP contribution in [0.5, 0.6) is 0 Å². The zero-order valence-corrected chi connectivity index (χ0v) is 15.6. The number of nitrogens with zero attached hydrogens (tertiary/aromatic N) is 2. The average molecular weight is 349 g/mol. The Balaban J connectivity index is 1.64. The fourth-order valence-corrected chi connectivity index (χ4v) is 4.35. The van der Waals surface area contributed by atoms with Crippen molar-refractivity contribution in [3.8, 4) is 0 Å². The standard InChI is InChI=1S/C22H27N3O/c1-3-23-22(26)19-14-17-6-4-5-7-20(17)25-13-12-24(15-21(19)25)18-10-8-16(2)9-11-18/h4-11,19,21H,3,12-15H2,1-2H3,(H,23,26). The molecule has 2 aliphatic rings. The lowest BCUT2D eigenvalue weighted by atomic mass is 9.83. The number of para-hydroxylation sites is 1. The monoisotopic (exact) mass is 349 g/mol. The van der Waals surface area contributed by atoms with Crippen LogP contribution in [0.4, 0.5) is 11.4 Å². The number of amides is 1. The molecule has 2 aromatic rings. The number of benzene rings is 2. The van der Waals surface area contributed by atoms with Crippen molar-refractivity contribution < 1.29 is 4.79 Å². The van der Waals surface area contributed by atoms with Crippen LogP contribution in [0.15, 0.2) is 48.5 Å². The number of piperazine rings is 1. The van der Waals surface area contributed by atoms with Gasteiger partial charge in [-0.15, -0.1) is 0 Å². The van der Waals surface area contributed by atoms with E-state index in [2.05, 4.69) is 70.6 Å². The predicted molar refractivity (Wildman–Crippen MR) is 107 cm³/mol. The van der Waals surface area contributed by atoms with Crippen molar-refractivity contribution in [1.29, 1.82) is 0 Å². The minimum absolute atomic E-state index is 0.00176. The molecule has 4 nitrogen and oxygen atoms in total. The van der Waals surface area contributed by atoms with Crippen molar-refractivity contribution in [1.82, 2.24) is 5.32 Å². The van der Waals surface area contributed by atoms with Crippen molar-refractivity contribution in [3.63, 3.8) is 0 Å². The summed E-state index contributed by atoms with van der Waals surface area (Å²) in [6.07, 6.45) is 0.824. The number of aryl methyl sites for hydroxylation is 1. The summed E-state index contributed by atoms with van der Waals surface area (Å²) in [7, 11) is 0. The largest absolute Gasteiger partial charge is 0.368 e. The smallest absolute Gasteiger partial charge is 0.225 e. The highest BCUT2D eigenvalue weighted by molar-refractivity contribution is 5.82. The Morgan fingerprint density at radius 2 is 1.88 bits per heavy atom. The normalized spacial score (nSPS) is 21.8. The fourth-order valence-electron chi connectivity index (χ4n) is 4.35. The van der Waals surface area contributed by atoms with E-state index in [1.165, 1.54) is 22.5 Å². The fraction of sp³-hybridized carbons (Fsp3) is 0.409. The Bertz CT molecular complexity index is 786. The van der Waals surface area contributed by atoms with Gasteiger partial charge in [-0.1, -0.05) is 35.9 Å². The van der Waals surface area contributed by atoms with Crippen LogP contribution in [-0.4, -0.2) is 38.1 Å². The first kappa shape index (κ1) is 17.0. The molecule has 136 valence electrons. The van der Waals surface area contributed by atoms with Gasteiger partial charge in [-0.2, -0.15) is 0 Å². The minimum Gasteiger partial charge on any atom is -0.368 e. The summed E-state index contributed by atoms with van der Waals surface area (Å²) in [4.78, 5) is 17.7. The van der Waals surface area contributed by atoms with Crippen LogP contribution in [-0.2, 0) is 11.2 Å². The van der Waals surface area contributed by atoms with Gasteiger partial charge in [-0.3, -0.25) is 4.79 Å². The molecule has 0 radical (unpaired) electrons. The Kier molecular flexibility index (Phi) is 4.58. The summed E-state index contributed by atoms with van der Waals surface area (Å²) >= 11 is 0. The Morgan fingerprint density at radius 1 is 1.12 bits per heavy atom. The Labute approximate surface area is 155 Å². The van der Waals surface area contributed by atoms with Crippen molar-refractivity contribution in [2.75, 3.05) is 36.0 Å². The van der Waals surface area contributed by atoms with Gasteiger partial charge in [0.05, 0.1) is 12.0 Å². The molecule has 1 fully saturated rings. The third-order valence-electron chi connectivity index (χ3n) is 5.71. The van der Waals surface area contributed by atoms with Crippen LogP contribution in [0.2, 0.25) is 0 Å². The highest BCUT2D eigenvalue weighted by atomic mass is 16.1. The molecular formula is C22H27N3O. The van der Waals surface area contributed by atoms with Crippen LogP contribution in [0.1, 0.15) is 18.1 Å². The molecular weight excluding hydrogens is 322 g/mol. The van der Waals surface area contributed by atoms with E-state index in [4.69, 9.17) is 0 Å². The molecule has 1 saturated heterocycles. The van der Waals surface area contributed by atoms with Crippen molar-refractivity contribution in [2.24, 2.45) is 5.92 Å². The Morgan fingerprint density at radius 3 is 2.65 bits per heavy atom. The molecule has 0 saturated carbocycles. The lowest BCUT2D eigenvalue weighted by molar-refractivity contribution is -0.125. The Hall–Kier alpha value is -2.49. The van der Waals surface area contributed by atoms with Gasteiger partial charge in [-0.05, 0) is 44.0 Å². The SMILES string of the molecule is CCNC(=O)C1Cc2ccccc2N2CCN(c3ccc(C)cc3)CC12. The van der Waals surface area contributed by atoms with E-state index >= 15 is 0 Å². The molecule has 0 aromatic heterocycles. The zero-order valence-electron chi connectivity index (χ0n) is 15.6. The van der Waals surface area contributed by atoms with Crippen LogP contribution in [0.3, 0.4) is 0 Å². The third-order valence-corrected chi connectivity index (χ3v) is 5.71. The van der Waals surface area contributed by atoms with E-state index < -0.39 is 0 Å². The summed E-state index contributed by atoms with van der Waals surface area (Å²) in [6, 6.07) is 17.5. The van der Waals surface area contributed by atoms with Gasteiger partial charge < -0.3 is 15.1 Å². The van der Waals surface area contributed by atoms with Crippen LogP contribution in [0.25, 0.3) is 0 Å². The van der Waals surface area contributed by atoms with E-state index in [9.17, 15) is 4.79 Å². The molecule has 2 aromatic carbocycles. The van der Waals surface area contributed by atoms with Crippen molar-refractivity contribution >= 4 is 17.3 Å². The third kappa shape index (κ3) is 3.05. The maximum absolute atomic E-state index is 12.8. The van der Waals surface area contributed by atoms with Gasteiger partial charge >= 0.3 is 0 Å². The van der Waals surface area contributed by atoms with Crippen LogP contribution < -0.4 is 15.1 Å². The minimum atomic E-state index is -0.00176. The average Bonchev–Trinajstić information content (AvgIpc) is 2.67. The molecule has 0 spiro atoms. The molecule has 1 N–H and O–H groups in total. The first-order chi connectivity index (χ1) is 12.7. The van der Waals surface area contributed by atoms with E-state index in [1.54, 1.807) is 0 Å². The van der Waals surface area contributed by atoms with Crippen LogP contribution in [0, 0.1) is 12.8 Å². The summed E-state index contributed by atoms with van der Waals surface area (Å²) < 4.78 is 0. The van der Waals surface area contributed by atoms with Gasteiger partial charge in [0, 0.05) is 37.6 Å². The second-order valence-corrected chi connectivity index (χ2v) is 7.38.